The first-order valence-corrected chi connectivity index (χ1v) is 7.75. The van der Waals surface area contributed by atoms with E-state index in [2.05, 4.69) is 9.72 Å². The predicted octanol–water partition coefficient (Wildman–Crippen LogP) is 1.49. The number of alkyl halides is 3. The lowest BCUT2D eigenvalue weighted by Gasteiger charge is -2.23. The Labute approximate surface area is 150 Å². The zero-order valence-corrected chi connectivity index (χ0v) is 14.1. The molecule has 0 unspecified atom stereocenters. The third kappa shape index (κ3) is 5.50. The van der Waals surface area contributed by atoms with Gasteiger partial charge in [0.15, 0.2) is 0 Å². The number of halogens is 4. The maximum atomic E-state index is 13.3. The van der Waals surface area contributed by atoms with Crippen LogP contribution in [0.2, 0.25) is 0 Å². The van der Waals surface area contributed by atoms with Crippen LogP contribution in [0.25, 0.3) is 10.9 Å². The van der Waals surface area contributed by atoms with E-state index in [1.165, 1.54) is 13.0 Å². The summed E-state index contributed by atoms with van der Waals surface area (Å²) in [6.07, 6.45) is -3.78. The molecule has 0 N–H and O–H groups in total. The van der Waals surface area contributed by atoms with Gasteiger partial charge in [-0.2, -0.15) is 13.2 Å². The number of rotatable bonds is 6. The lowest BCUT2D eigenvalue weighted by atomic mass is 10.2. The van der Waals surface area contributed by atoms with E-state index in [-0.39, 0.29) is 22.4 Å². The molecule has 1 aromatic carbocycles. The third-order valence-corrected chi connectivity index (χ3v) is 3.44. The molecule has 0 radical (unpaired) electrons. The summed E-state index contributed by atoms with van der Waals surface area (Å²) in [7, 11) is 0. The molecule has 2 aromatic rings. The second-order valence-electron chi connectivity index (χ2n) is 5.51. The van der Waals surface area contributed by atoms with Crippen LogP contribution in [-0.4, -0.2) is 52.2 Å². The summed E-state index contributed by atoms with van der Waals surface area (Å²) >= 11 is 0. The van der Waals surface area contributed by atoms with Crippen LogP contribution in [0.5, 0.6) is 0 Å². The zero-order chi connectivity index (χ0) is 20.2. The molecule has 0 atom stereocenters. The predicted molar refractivity (Wildman–Crippen MR) is 85.2 cm³/mol. The van der Waals surface area contributed by atoms with Gasteiger partial charge in [0, 0.05) is 0 Å². The summed E-state index contributed by atoms with van der Waals surface area (Å²) in [4.78, 5) is 40.1. The normalized spacial score (nSPS) is 11.4. The third-order valence-electron chi connectivity index (χ3n) is 3.44. The monoisotopic (exact) mass is 389 g/mol. The first-order valence-electron chi connectivity index (χ1n) is 7.75. The van der Waals surface area contributed by atoms with Crippen molar-refractivity contribution in [1.82, 2.24) is 14.5 Å². The first kappa shape index (κ1) is 20.3. The highest BCUT2D eigenvalue weighted by atomic mass is 19.4. The second kappa shape index (κ2) is 8.14. The minimum atomic E-state index is -4.75. The van der Waals surface area contributed by atoms with Gasteiger partial charge in [0.2, 0.25) is 5.91 Å². The van der Waals surface area contributed by atoms with E-state index in [1.54, 1.807) is 0 Å². The van der Waals surface area contributed by atoms with Crippen molar-refractivity contribution in [2.75, 3.05) is 19.7 Å². The summed E-state index contributed by atoms with van der Waals surface area (Å²) in [5.74, 6) is -2.85. The van der Waals surface area contributed by atoms with Gasteiger partial charge in [-0.15, -0.1) is 0 Å². The molecular formula is C16H15F4N3O4. The summed E-state index contributed by atoms with van der Waals surface area (Å²) in [5.41, 5.74) is -0.625. The van der Waals surface area contributed by atoms with Crippen LogP contribution in [0, 0.1) is 5.82 Å². The fraction of sp³-hybridized carbons (Fsp3) is 0.375. The minimum Gasteiger partial charge on any atom is -0.465 e. The van der Waals surface area contributed by atoms with Crippen molar-refractivity contribution in [3.8, 4) is 0 Å². The number of benzene rings is 1. The molecule has 146 valence electrons. The summed E-state index contributed by atoms with van der Waals surface area (Å²) < 4.78 is 56.7. The Morgan fingerprint density at radius 3 is 2.63 bits per heavy atom. The molecule has 0 saturated heterocycles. The number of amides is 1. The van der Waals surface area contributed by atoms with E-state index in [4.69, 9.17) is 0 Å². The standard InChI is InChI=1S/C16H15F4N3O4/c1-2-27-14(25)7-22(8-16(18,19)20)13(24)6-23-9-21-12-4-3-10(17)5-11(12)15(23)26/h3-5,9H,2,6-8H2,1H3. The average molecular weight is 389 g/mol. The Bertz CT molecular complexity index is 911. The van der Waals surface area contributed by atoms with Crippen LogP contribution in [0.15, 0.2) is 29.3 Å². The SMILES string of the molecule is CCOC(=O)CN(CC(F)(F)F)C(=O)Cn1cnc2ccc(F)cc2c1=O. The van der Waals surface area contributed by atoms with E-state index in [0.29, 0.717) is 0 Å². The van der Waals surface area contributed by atoms with Crippen molar-refractivity contribution < 1.29 is 31.9 Å². The molecule has 2 rings (SSSR count). The van der Waals surface area contributed by atoms with Crippen molar-refractivity contribution in [2.45, 2.75) is 19.6 Å². The smallest absolute Gasteiger partial charge is 0.406 e. The van der Waals surface area contributed by atoms with E-state index in [1.807, 2.05) is 0 Å². The lowest BCUT2D eigenvalue weighted by Crippen LogP contribution is -2.44. The molecule has 0 aliphatic rings. The molecule has 1 heterocycles. The van der Waals surface area contributed by atoms with E-state index < -0.39 is 49.1 Å². The number of carbonyl (C=O) groups excluding carboxylic acids is 2. The quantitative estimate of drug-likeness (QED) is 0.552. The van der Waals surface area contributed by atoms with Crippen LogP contribution < -0.4 is 5.56 Å². The molecule has 0 aliphatic carbocycles. The number of carbonyl (C=O) groups is 2. The molecule has 7 nitrogen and oxygen atoms in total. The summed E-state index contributed by atoms with van der Waals surface area (Å²) in [5, 5.41) is -0.127. The Morgan fingerprint density at radius 1 is 1.30 bits per heavy atom. The van der Waals surface area contributed by atoms with Crippen LogP contribution in [0.1, 0.15) is 6.92 Å². The van der Waals surface area contributed by atoms with Crippen molar-refractivity contribution in [3.63, 3.8) is 0 Å². The van der Waals surface area contributed by atoms with Crippen LogP contribution in [0.3, 0.4) is 0 Å². The highest BCUT2D eigenvalue weighted by Gasteiger charge is 2.34. The van der Waals surface area contributed by atoms with Crippen molar-refractivity contribution in [1.29, 1.82) is 0 Å². The number of ether oxygens (including phenoxy) is 1. The maximum Gasteiger partial charge on any atom is 0.406 e. The molecular weight excluding hydrogens is 374 g/mol. The minimum absolute atomic E-state index is 0.0630. The van der Waals surface area contributed by atoms with Gasteiger partial charge in [-0.1, -0.05) is 0 Å². The molecule has 1 amide bonds. The van der Waals surface area contributed by atoms with Crippen molar-refractivity contribution in [2.24, 2.45) is 0 Å². The Hall–Kier alpha value is -2.98. The Balaban J connectivity index is 2.28. The molecule has 27 heavy (non-hydrogen) atoms. The van der Waals surface area contributed by atoms with Crippen LogP contribution in [0.4, 0.5) is 17.6 Å². The molecule has 1 aromatic heterocycles. The van der Waals surface area contributed by atoms with Gasteiger partial charge in [-0.3, -0.25) is 19.0 Å². The topological polar surface area (TPSA) is 81.5 Å². The molecule has 0 bridgehead atoms. The number of nitrogens with zero attached hydrogens (tertiary/aromatic N) is 3. The van der Waals surface area contributed by atoms with Gasteiger partial charge in [0.25, 0.3) is 5.56 Å². The fourth-order valence-corrected chi connectivity index (χ4v) is 2.30. The highest BCUT2D eigenvalue weighted by molar-refractivity contribution is 5.82. The number of fused-ring (bicyclic) bond motifs is 1. The van der Waals surface area contributed by atoms with Gasteiger partial charge in [-0.25, -0.2) is 9.37 Å². The number of hydrogen-bond acceptors (Lipinski definition) is 5. The number of aromatic nitrogens is 2. The highest BCUT2D eigenvalue weighted by Crippen LogP contribution is 2.17. The van der Waals surface area contributed by atoms with Gasteiger partial charge >= 0.3 is 12.1 Å². The van der Waals surface area contributed by atoms with Gasteiger partial charge in [0.05, 0.1) is 23.8 Å². The Kier molecular flexibility index (Phi) is 6.13. The largest absolute Gasteiger partial charge is 0.465 e. The van der Waals surface area contributed by atoms with Crippen molar-refractivity contribution >= 4 is 22.8 Å². The van der Waals surface area contributed by atoms with Gasteiger partial charge < -0.3 is 9.64 Å². The van der Waals surface area contributed by atoms with Crippen LogP contribution in [-0.2, 0) is 20.9 Å². The van der Waals surface area contributed by atoms with Crippen LogP contribution >= 0.6 is 0 Å². The number of hydrogen-bond donors (Lipinski definition) is 0. The Morgan fingerprint density at radius 2 is 2.00 bits per heavy atom. The van der Waals surface area contributed by atoms with E-state index in [9.17, 15) is 31.9 Å². The molecule has 11 heteroatoms. The lowest BCUT2D eigenvalue weighted by molar-refractivity contribution is -0.167. The molecule has 0 spiro atoms. The summed E-state index contributed by atoms with van der Waals surface area (Å²) in [6, 6.07) is 3.27. The summed E-state index contributed by atoms with van der Waals surface area (Å²) in [6.45, 7) is -2.00. The molecule has 0 aliphatic heterocycles. The second-order valence-corrected chi connectivity index (χ2v) is 5.51. The molecule has 0 fully saturated rings. The molecule has 0 saturated carbocycles. The average Bonchev–Trinajstić information content (AvgIpc) is 2.56. The van der Waals surface area contributed by atoms with E-state index >= 15 is 0 Å². The number of esters is 1. The van der Waals surface area contributed by atoms with Crippen molar-refractivity contribution in [3.05, 3.63) is 40.7 Å². The first-order chi connectivity index (χ1) is 12.6. The zero-order valence-electron chi connectivity index (χ0n) is 14.1. The van der Waals surface area contributed by atoms with Gasteiger partial charge in [0.1, 0.15) is 25.5 Å². The fourth-order valence-electron chi connectivity index (χ4n) is 2.30. The van der Waals surface area contributed by atoms with Gasteiger partial charge in [-0.05, 0) is 25.1 Å². The maximum absolute atomic E-state index is 13.3. The van der Waals surface area contributed by atoms with E-state index in [0.717, 1.165) is 23.0 Å².